The second-order valence-electron chi connectivity index (χ2n) is 4.93. The predicted molar refractivity (Wildman–Crippen MR) is 87.7 cm³/mol. The van der Waals surface area contributed by atoms with Gasteiger partial charge in [0.2, 0.25) is 0 Å². The third-order valence-corrected chi connectivity index (χ3v) is 4.61. The molecule has 0 spiro atoms. The smallest absolute Gasteiger partial charge is 0.275 e. The highest BCUT2D eigenvalue weighted by atomic mass is 35.5. The van der Waals surface area contributed by atoms with E-state index in [1.807, 2.05) is 35.6 Å². The summed E-state index contributed by atoms with van der Waals surface area (Å²) in [6.07, 6.45) is 0.892. The van der Waals surface area contributed by atoms with E-state index in [0.717, 1.165) is 17.0 Å². The molecule has 0 radical (unpaired) electrons. The highest BCUT2D eigenvalue weighted by Crippen LogP contribution is 2.19. The molecule has 1 amide bonds. The first-order valence-corrected chi connectivity index (χ1v) is 8.29. The minimum Gasteiger partial charge on any atom is -0.351 e. The summed E-state index contributed by atoms with van der Waals surface area (Å²) in [4.78, 5) is 13.1. The molecule has 21 heavy (non-hydrogen) atoms. The van der Waals surface area contributed by atoms with Crippen LogP contribution in [0.3, 0.4) is 0 Å². The Balaban J connectivity index is 1.70. The zero-order valence-corrected chi connectivity index (χ0v) is 13.6. The summed E-state index contributed by atoms with van der Waals surface area (Å²) in [5.41, 5.74) is 1.06. The van der Waals surface area contributed by atoms with Crippen LogP contribution in [-0.4, -0.2) is 19.0 Å². The number of carbonyl (C=O) groups excluding carboxylic acids is 1. The molecule has 112 valence electrons. The fraction of sp³-hybridized carbons (Fsp3) is 0.312. The average Bonchev–Trinajstić information content (AvgIpc) is 2.98. The molecule has 0 bridgehead atoms. The normalized spacial score (nSPS) is 12.1. The molecular weight excluding hydrogens is 304 g/mol. The van der Waals surface area contributed by atoms with Crippen LogP contribution >= 0.6 is 22.9 Å². The first kappa shape index (κ1) is 16.0. The number of amides is 1. The lowest BCUT2D eigenvalue weighted by atomic mass is 10.1. The highest BCUT2D eigenvalue weighted by Gasteiger charge is 2.13. The van der Waals surface area contributed by atoms with Crippen LogP contribution in [-0.2, 0) is 11.2 Å². The first-order chi connectivity index (χ1) is 10.2. The third kappa shape index (κ3) is 5.16. The van der Waals surface area contributed by atoms with Gasteiger partial charge in [-0.15, -0.1) is 11.3 Å². The van der Waals surface area contributed by atoms with E-state index < -0.39 is 0 Å². The monoisotopic (exact) mass is 323 g/mol. The highest BCUT2D eigenvalue weighted by molar-refractivity contribution is 7.09. The number of nitrogens with one attached hydrogen (secondary N) is 1. The van der Waals surface area contributed by atoms with Crippen LogP contribution in [0.15, 0.2) is 41.8 Å². The van der Waals surface area contributed by atoms with Gasteiger partial charge >= 0.3 is 0 Å². The van der Waals surface area contributed by atoms with Crippen molar-refractivity contribution in [2.75, 3.05) is 13.1 Å². The maximum absolute atomic E-state index is 11.8. The molecule has 0 aliphatic rings. The van der Waals surface area contributed by atoms with Crippen molar-refractivity contribution in [1.29, 1.82) is 0 Å². The summed E-state index contributed by atoms with van der Waals surface area (Å²) in [6, 6.07) is 12.0. The van der Waals surface area contributed by atoms with E-state index in [2.05, 4.69) is 23.7 Å². The summed E-state index contributed by atoms with van der Waals surface area (Å²) in [5.74, 6) is 0.0606. The first-order valence-electron chi connectivity index (χ1n) is 7.03. The van der Waals surface area contributed by atoms with Crippen molar-refractivity contribution >= 4 is 28.8 Å². The number of rotatable bonds is 7. The molecule has 1 atom stereocenters. The second kappa shape index (κ2) is 8.17. The second-order valence-corrected chi connectivity index (χ2v) is 6.37. The SMILES string of the molecule is C[C@H]([NH2+]CC(=O)NCCc1cccs1)c1ccccc1Cl. The molecular formula is C16H20ClN2OS+. The molecule has 0 unspecified atom stereocenters. The summed E-state index contributed by atoms with van der Waals surface area (Å²) < 4.78 is 0. The molecule has 0 saturated carbocycles. The number of halogens is 1. The number of benzene rings is 1. The van der Waals surface area contributed by atoms with Gasteiger partial charge in [-0.1, -0.05) is 35.9 Å². The molecule has 1 aromatic heterocycles. The van der Waals surface area contributed by atoms with Crippen molar-refractivity contribution in [2.24, 2.45) is 0 Å². The molecule has 5 heteroatoms. The maximum Gasteiger partial charge on any atom is 0.275 e. The van der Waals surface area contributed by atoms with E-state index in [0.29, 0.717) is 13.1 Å². The Bertz CT molecular complexity index is 571. The zero-order valence-electron chi connectivity index (χ0n) is 12.0. The largest absolute Gasteiger partial charge is 0.351 e. The van der Waals surface area contributed by atoms with Crippen molar-refractivity contribution in [2.45, 2.75) is 19.4 Å². The zero-order chi connectivity index (χ0) is 15.1. The van der Waals surface area contributed by atoms with E-state index in [4.69, 9.17) is 11.6 Å². The summed E-state index contributed by atoms with van der Waals surface area (Å²) in [6.45, 7) is 3.16. The minimum absolute atomic E-state index is 0.0606. The Labute approximate surface area is 134 Å². The van der Waals surface area contributed by atoms with E-state index in [9.17, 15) is 4.79 Å². The Morgan fingerprint density at radius 3 is 2.86 bits per heavy atom. The average molecular weight is 324 g/mol. The van der Waals surface area contributed by atoms with Crippen LogP contribution in [0.4, 0.5) is 0 Å². The van der Waals surface area contributed by atoms with E-state index in [1.54, 1.807) is 11.3 Å². The number of nitrogens with two attached hydrogens (primary N) is 1. The molecule has 3 N–H and O–H groups in total. The summed E-state index contributed by atoms with van der Waals surface area (Å²) >= 11 is 7.87. The molecule has 0 saturated heterocycles. The lowest BCUT2D eigenvalue weighted by Crippen LogP contribution is -2.87. The minimum atomic E-state index is 0.0606. The molecule has 1 heterocycles. The fourth-order valence-electron chi connectivity index (χ4n) is 2.11. The van der Waals surface area contributed by atoms with Gasteiger partial charge in [0.25, 0.3) is 5.91 Å². The van der Waals surface area contributed by atoms with Crippen LogP contribution in [0.5, 0.6) is 0 Å². The van der Waals surface area contributed by atoms with Crippen molar-refractivity contribution in [3.63, 3.8) is 0 Å². The van der Waals surface area contributed by atoms with Crippen molar-refractivity contribution in [1.82, 2.24) is 5.32 Å². The van der Waals surface area contributed by atoms with Gasteiger partial charge in [0.1, 0.15) is 6.04 Å². The Morgan fingerprint density at radius 1 is 1.33 bits per heavy atom. The predicted octanol–water partition coefficient (Wildman–Crippen LogP) is 2.38. The topological polar surface area (TPSA) is 45.7 Å². The van der Waals surface area contributed by atoms with E-state index in [1.165, 1.54) is 4.88 Å². The quantitative estimate of drug-likeness (QED) is 0.807. The number of quaternary nitrogens is 1. The van der Waals surface area contributed by atoms with Crippen LogP contribution in [0.2, 0.25) is 5.02 Å². The van der Waals surface area contributed by atoms with Gasteiger partial charge in [-0.3, -0.25) is 4.79 Å². The van der Waals surface area contributed by atoms with Gasteiger partial charge < -0.3 is 10.6 Å². The Morgan fingerprint density at radius 2 is 2.14 bits per heavy atom. The van der Waals surface area contributed by atoms with Crippen LogP contribution in [0.25, 0.3) is 0 Å². The summed E-state index contributed by atoms with van der Waals surface area (Å²) in [5, 5.41) is 7.75. The van der Waals surface area contributed by atoms with Gasteiger partial charge in [-0.05, 0) is 30.9 Å². The number of hydrogen-bond donors (Lipinski definition) is 2. The van der Waals surface area contributed by atoms with Gasteiger partial charge in [-0.25, -0.2) is 0 Å². The molecule has 2 aromatic rings. The molecule has 1 aromatic carbocycles. The van der Waals surface area contributed by atoms with E-state index >= 15 is 0 Å². The van der Waals surface area contributed by atoms with Crippen molar-refractivity contribution in [3.8, 4) is 0 Å². The van der Waals surface area contributed by atoms with Gasteiger partial charge in [0.05, 0.1) is 0 Å². The van der Waals surface area contributed by atoms with E-state index in [-0.39, 0.29) is 11.9 Å². The lowest BCUT2D eigenvalue weighted by molar-refractivity contribution is -0.682. The molecule has 0 aliphatic heterocycles. The number of carbonyl (C=O) groups is 1. The molecule has 2 rings (SSSR count). The van der Waals surface area contributed by atoms with Gasteiger partial charge in [0.15, 0.2) is 6.54 Å². The van der Waals surface area contributed by atoms with Crippen molar-refractivity contribution < 1.29 is 10.1 Å². The van der Waals surface area contributed by atoms with Gasteiger partial charge in [-0.2, -0.15) is 0 Å². The molecule has 0 aliphatic carbocycles. The van der Waals surface area contributed by atoms with Crippen LogP contribution in [0, 0.1) is 0 Å². The number of thiophene rings is 1. The fourth-order valence-corrected chi connectivity index (χ4v) is 3.12. The van der Waals surface area contributed by atoms with Gasteiger partial charge in [0, 0.05) is 22.0 Å². The third-order valence-electron chi connectivity index (χ3n) is 3.33. The summed E-state index contributed by atoms with van der Waals surface area (Å²) in [7, 11) is 0. The lowest BCUT2D eigenvalue weighted by Gasteiger charge is -2.12. The number of hydrogen-bond acceptors (Lipinski definition) is 2. The molecule has 0 fully saturated rings. The molecule has 3 nitrogen and oxygen atoms in total. The van der Waals surface area contributed by atoms with Crippen LogP contribution in [0.1, 0.15) is 23.4 Å². The van der Waals surface area contributed by atoms with Crippen molar-refractivity contribution in [3.05, 3.63) is 57.2 Å². The Kier molecular flexibility index (Phi) is 6.23. The van der Waals surface area contributed by atoms with Crippen LogP contribution < -0.4 is 10.6 Å². The maximum atomic E-state index is 11.8. The Hall–Kier alpha value is -1.36. The standard InChI is InChI=1S/C16H19ClN2OS/c1-12(14-6-2-3-7-15(14)17)19-11-16(20)18-9-8-13-5-4-10-21-13/h2-7,10,12,19H,8-9,11H2,1H3,(H,18,20)/p+1/t12-/m0/s1.